The molecule has 1 aliphatic heterocycles. The van der Waals surface area contributed by atoms with Crippen LogP contribution in [-0.4, -0.2) is 24.3 Å². The molecule has 2 aliphatic carbocycles. The molecule has 1 atom stereocenters. The van der Waals surface area contributed by atoms with Crippen molar-refractivity contribution in [2.24, 2.45) is 11.8 Å². The second-order valence-electron chi connectivity index (χ2n) is 6.36. The summed E-state index contributed by atoms with van der Waals surface area (Å²) in [6.45, 7) is 2.84. The van der Waals surface area contributed by atoms with Crippen LogP contribution in [0.3, 0.4) is 0 Å². The molecule has 18 heavy (non-hydrogen) atoms. The third kappa shape index (κ3) is 2.48. The molecule has 0 N–H and O–H groups in total. The molecule has 0 aromatic rings. The first-order valence-electron chi connectivity index (χ1n) is 7.50. The van der Waals surface area contributed by atoms with Crippen molar-refractivity contribution in [3.05, 3.63) is 0 Å². The molecule has 0 aromatic heterocycles. The van der Waals surface area contributed by atoms with Gasteiger partial charge in [0.2, 0.25) is 0 Å². The molecule has 3 aliphatic rings. The number of hydrogen-bond donors (Lipinski definition) is 0. The maximum absolute atomic E-state index is 11.3. The SMILES string of the molecule is CC1COC2(CCC(C3CCC(=O)CC3)CC2)O1. The molecule has 3 nitrogen and oxygen atoms in total. The predicted molar refractivity (Wildman–Crippen MR) is 68.2 cm³/mol. The maximum Gasteiger partial charge on any atom is 0.168 e. The van der Waals surface area contributed by atoms with E-state index in [-0.39, 0.29) is 11.9 Å². The van der Waals surface area contributed by atoms with E-state index in [1.165, 1.54) is 12.8 Å². The lowest BCUT2D eigenvalue weighted by Crippen LogP contribution is -2.38. The van der Waals surface area contributed by atoms with Crippen LogP contribution < -0.4 is 0 Å². The number of carbonyl (C=O) groups is 1. The normalized spacial score (nSPS) is 42.6. The molecule has 1 heterocycles. The van der Waals surface area contributed by atoms with Crippen LogP contribution in [0.5, 0.6) is 0 Å². The van der Waals surface area contributed by atoms with Gasteiger partial charge in [0.05, 0.1) is 12.7 Å². The molecule has 1 unspecified atom stereocenters. The van der Waals surface area contributed by atoms with Gasteiger partial charge in [0, 0.05) is 25.7 Å². The molecular weight excluding hydrogens is 228 g/mol. The van der Waals surface area contributed by atoms with E-state index in [0.29, 0.717) is 5.78 Å². The largest absolute Gasteiger partial charge is 0.347 e. The molecule has 3 rings (SSSR count). The summed E-state index contributed by atoms with van der Waals surface area (Å²) < 4.78 is 11.8. The number of carbonyl (C=O) groups excluding carboxylic acids is 1. The summed E-state index contributed by atoms with van der Waals surface area (Å²) in [6.07, 6.45) is 8.65. The van der Waals surface area contributed by atoms with E-state index in [1.54, 1.807) is 0 Å². The topological polar surface area (TPSA) is 35.5 Å². The Kier molecular flexibility index (Phi) is 3.46. The van der Waals surface area contributed by atoms with Gasteiger partial charge in [-0.1, -0.05) is 0 Å². The lowest BCUT2D eigenvalue weighted by molar-refractivity contribution is -0.193. The summed E-state index contributed by atoms with van der Waals surface area (Å²) in [6, 6.07) is 0. The zero-order valence-corrected chi connectivity index (χ0v) is 11.3. The van der Waals surface area contributed by atoms with Crippen LogP contribution in [0.1, 0.15) is 58.3 Å². The molecule has 102 valence electrons. The van der Waals surface area contributed by atoms with Crippen LogP contribution in [0.15, 0.2) is 0 Å². The van der Waals surface area contributed by atoms with Gasteiger partial charge in [0.15, 0.2) is 5.79 Å². The predicted octanol–water partition coefficient (Wildman–Crippen LogP) is 3.07. The van der Waals surface area contributed by atoms with Gasteiger partial charge in [-0.2, -0.15) is 0 Å². The molecule has 0 amide bonds. The molecule has 1 saturated heterocycles. The Hall–Kier alpha value is -0.410. The highest BCUT2D eigenvalue weighted by Gasteiger charge is 2.44. The highest BCUT2D eigenvalue weighted by molar-refractivity contribution is 5.79. The van der Waals surface area contributed by atoms with Gasteiger partial charge in [-0.15, -0.1) is 0 Å². The number of Topliss-reactive ketones (excluding diaryl/α,β-unsaturated/α-hetero) is 1. The monoisotopic (exact) mass is 252 g/mol. The van der Waals surface area contributed by atoms with Crippen molar-refractivity contribution in [1.82, 2.24) is 0 Å². The Morgan fingerprint density at radius 1 is 1.06 bits per heavy atom. The third-order valence-corrected chi connectivity index (χ3v) is 5.04. The first kappa shape index (κ1) is 12.6. The maximum atomic E-state index is 11.3. The van der Waals surface area contributed by atoms with E-state index in [4.69, 9.17) is 9.47 Å². The first-order chi connectivity index (χ1) is 8.67. The minimum absolute atomic E-state index is 0.250. The average molecular weight is 252 g/mol. The lowest BCUT2D eigenvalue weighted by Gasteiger charge is -2.39. The van der Waals surface area contributed by atoms with Crippen molar-refractivity contribution in [2.45, 2.75) is 70.2 Å². The van der Waals surface area contributed by atoms with Crippen LogP contribution >= 0.6 is 0 Å². The Morgan fingerprint density at radius 3 is 2.22 bits per heavy atom. The van der Waals surface area contributed by atoms with Crippen molar-refractivity contribution in [3.63, 3.8) is 0 Å². The van der Waals surface area contributed by atoms with Gasteiger partial charge in [0.25, 0.3) is 0 Å². The number of ether oxygens (including phenoxy) is 2. The molecule has 0 aromatic carbocycles. The number of hydrogen-bond acceptors (Lipinski definition) is 3. The van der Waals surface area contributed by atoms with Gasteiger partial charge in [0.1, 0.15) is 5.78 Å². The highest BCUT2D eigenvalue weighted by Crippen LogP contribution is 2.44. The van der Waals surface area contributed by atoms with E-state index < -0.39 is 0 Å². The van der Waals surface area contributed by atoms with Crippen LogP contribution in [0.4, 0.5) is 0 Å². The summed E-state index contributed by atoms with van der Waals surface area (Å²) in [4.78, 5) is 11.3. The molecule has 2 saturated carbocycles. The highest BCUT2D eigenvalue weighted by atomic mass is 16.7. The summed E-state index contributed by atoms with van der Waals surface area (Å²) in [7, 11) is 0. The van der Waals surface area contributed by atoms with E-state index >= 15 is 0 Å². The molecule has 3 heteroatoms. The zero-order chi connectivity index (χ0) is 12.6. The lowest BCUT2D eigenvalue weighted by atomic mass is 9.72. The van der Waals surface area contributed by atoms with Gasteiger partial charge >= 0.3 is 0 Å². The van der Waals surface area contributed by atoms with E-state index in [1.807, 2.05) is 0 Å². The number of rotatable bonds is 1. The van der Waals surface area contributed by atoms with Crippen molar-refractivity contribution in [1.29, 1.82) is 0 Å². The molecular formula is C15H24O3. The minimum Gasteiger partial charge on any atom is -0.347 e. The fourth-order valence-electron chi connectivity index (χ4n) is 3.95. The van der Waals surface area contributed by atoms with E-state index in [0.717, 1.165) is 57.0 Å². The minimum atomic E-state index is -0.250. The van der Waals surface area contributed by atoms with Crippen molar-refractivity contribution >= 4 is 5.78 Å². The van der Waals surface area contributed by atoms with Crippen LogP contribution in [-0.2, 0) is 14.3 Å². The molecule has 3 fully saturated rings. The fourth-order valence-corrected chi connectivity index (χ4v) is 3.95. The number of ketones is 1. The standard InChI is InChI=1S/C15H24O3/c1-11-10-17-15(18-11)8-6-13(7-9-15)12-2-4-14(16)5-3-12/h11-13H,2-10H2,1H3. The average Bonchev–Trinajstić information content (AvgIpc) is 2.73. The third-order valence-electron chi connectivity index (χ3n) is 5.04. The fraction of sp³-hybridized carbons (Fsp3) is 0.933. The Morgan fingerprint density at radius 2 is 1.67 bits per heavy atom. The van der Waals surface area contributed by atoms with Crippen molar-refractivity contribution < 1.29 is 14.3 Å². The van der Waals surface area contributed by atoms with Gasteiger partial charge in [-0.3, -0.25) is 4.79 Å². The molecule has 0 bridgehead atoms. The second kappa shape index (κ2) is 4.93. The van der Waals surface area contributed by atoms with Crippen LogP contribution in [0.2, 0.25) is 0 Å². The van der Waals surface area contributed by atoms with Gasteiger partial charge in [-0.25, -0.2) is 0 Å². The Labute approximate surface area is 109 Å². The van der Waals surface area contributed by atoms with E-state index in [9.17, 15) is 4.79 Å². The summed E-state index contributed by atoms with van der Waals surface area (Å²) in [5.41, 5.74) is 0. The van der Waals surface area contributed by atoms with Gasteiger partial charge in [-0.05, 0) is 44.4 Å². The van der Waals surface area contributed by atoms with Gasteiger partial charge < -0.3 is 9.47 Å². The summed E-state index contributed by atoms with van der Waals surface area (Å²) in [5, 5.41) is 0. The second-order valence-corrected chi connectivity index (χ2v) is 6.36. The smallest absolute Gasteiger partial charge is 0.168 e. The van der Waals surface area contributed by atoms with Crippen molar-refractivity contribution in [3.8, 4) is 0 Å². The quantitative estimate of drug-likeness (QED) is 0.719. The first-order valence-corrected chi connectivity index (χ1v) is 7.50. The zero-order valence-electron chi connectivity index (χ0n) is 11.3. The Bertz CT molecular complexity index is 308. The van der Waals surface area contributed by atoms with Crippen LogP contribution in [0, 0.1) is 11.8 Å². The summed E-state index contributed by atoms with van der Waals surface area (Å²) >= 11 is 0. The van der Waals surface area contributed by atoms with Crippen molar-refractivity contribution in [2.75, 3.05) is 6.61 Å². The summed E-state index contributed by atoms with van der Waals surface area (Å²) in [5.74, 6) is 1.79. The van der Waals surface area contributed by atoms with Crippen LogP contribution in [0.25, 0.3) is 0 Å². The van der Waals surface area contributed by atoms with E-state index in [2.05, 4.69) is 6.92 Å². The Balaban J connectivity index is 1.52. The molecule has 0 radical (unpaired) electrons. The molecule has 1 spiro atoms.